The first-order valence-electron chi connectivity index (χ1n) is 10.0. The molecule has 0 aliphatic rings. The second-order valence-corrected chi connectivity index (χ2v) is 10.4. The topological polar surface area (TPSA) is 66.5 Å². The molecular formula is C24H24Cl2N2O3S. The van der Waals surface area contributed by atoms with Gasteiger partial charge in [-0.2, -0.15) is 4.31 Å². The molecule has 168 valence electrons. The van der Waals surface area contributed by atoms with Crippen LogP contribution in [0.1, 0.15) is 29.7 Å². The minimum absolute atomic E-state index is 0.0134. The van der Waals surface area contributed by atoms with Crippen LogP contribution in [0.5, 0.6) is 0 Å². The Labute approximate surface area is 199 Å². The van der Waals surface area contributed by atoms with Crippen molar-refractivity contribution < 1.29 is 13.2 Å². The van der Waals surface area contributed by atoms with E-state index in [4.69, 9.17) is 23.2 Å². The third-order valence-electron chi connectivity index (χ3n) is 4.97. The molecule has 1 N–H and O–H groups in total. The maximum atomic E-state index is 13.4. The molecule has 32 heavy (non-hydrogen) atoms. The number of carbonyl (C=O) groups excluding carboxylic acids is 1. The van der Waals surface area contributed by atoms with Gasteiger partial charge in [0.05, 0.1) is 17.5 Å². The summed E-state index contributed by atoms with van der Waals surface area (Å²) in [4.78, 5) is 13.0. The number of nitrogens with zero attached hydrogens (tertiary/aromatic N) is 1. The largest absolute Gasteiger partial charge is 0.348 e. The average Bonchev–Trinajstić information content (AvgIpc) is 2.74. The molecule has 5 nitrogen and oxygen atoms in total. The molecule has 0 heterocycles. The molecule has 0 bridgehead atoms. The lowest BCUT2D eigenvalue weighted by Crippen LogP contribution is -2.41. The van der Waals surface area contributed by atoms with Crippen LogP contribution in [0.4, 0.5) is 0 Å². The molecule has 1 atom stereocenters. The van der Waals surface area contributed by atoms with Gasteiger partial charge in [0.2, 0.25) is 15.9 Å². The van der Waals surface area contributed by atoms with Crippen LogP contribution >= 0.6 is 23.2 Å². The SMILES string of the molecule is Cc1ccc(S(=O)(=O)N(CC(=O)N[C@@H](C)c2ccc(Cl)cc2)Cc2cccc(Cl)c2)cc1. The van der Waals surface area contributed by atoms with E-state index >= 15 is 0 Å². The highest BCUT2D eigenvalue weighted by atomic mass is 35.5. The molecule has 0 fully saturated rings. The third kappa shape index (κ3) is 6.33. The van der Waals surface area contributed by atoms with Crippen molar-refractivity contribution in [3.8, 4) is 0 Å². The minimum atomic E-state index is -3.92. The average molecular weight is 491 g/mol. The van der Waals surface area contributed by atoms with Crippen molar-refractivity contribution in [2.75, 3.05) is 6.54 Å². The molecule has 0 unspecified atom stereocenters. The number of amides is 1. The zero-order valence-corrected chi connectivity index (χ0v) is 20.1. The predicted octanol–water partition coefficient (Wildman–Crippen LogP) is 5.37. The van der Waals surface area contributed by atoms with Gasteiger partial charge in [0.25, 0.3) is 0 Å². The summed E-state index contributed by atoms with van der Waals surface area (Å²) in [5.74, 6) is -0.412. The molecule has 8 heteroatoms. The maximum absolute atomic E-state index is 13.4. The summed E-state index contributed by atoms with van der Waals surface area (Å²) in [6.07, 6.45) is 0. The first-order valence-corrected chi connectivity index (χ1v) is 12.2. The molecular weight excluding hydrogens is 467 g/mol. The molecule has 0 spiro atoms. The normalized spacial score (nSPS) is 12.5. The highest BCUT2D eigenvalue weighted by Gasteiger charge is 2.27. The second-order valence-electron chi connectivity index (χ2n) is 7.56. The molecule has 0 saturated carbocycles. The van der Waals surface area contributed by atoms with Gasteiger partial charge in [0.1, 0.15) is 0 Å². The molecule has 0 saturated heterocycles. The van der Waals surface area contributed by atoms with E-state index in [-0.39, 0.29) is 24.0 Å². The van der Waals surface area contributed by atoms with E-state index < -0.39 is 15.9 Å². The highest BCUT2D eigenvalue weighted by Crippen LogP contribution is 2.21. The Kier molecular flexibility index (Phi) is 7.96. The lowest BCUT2D eigenvalue weighted by molar-refractivity contribution is -0.122. The molecule has 0 aliphatic carbocycles. The van der Waals surface area contributed by atoms with Gasteiger partial charge < -0.3 is 5.32 Å². The Morgan fingerprint density at radius 3 is 2.25 bits per heavy atom. The highest BCUT2D eigenvalue weighted by molar-refractivity contribution is 7.89. The lowest BCUT2D eigenvalue weighted by Gasteiger charge is -2.23. The van der Waals surface area contributed by atoms with Crippen LogP contribution in [0.3, 0.4) is 0 Å². The number of hydrogen-bond donors (Lipinski definition) is 1. The molecule has 1 amide bonds. The van der Waals surface area contributed by atoms with Gasteiger partial charge in [0.15, 0.2) is 0 Å². The first kappa shape index (κ1) is 24.3. The molecule has 0 aromatic heterocycles. The third-order valence-corrected chi connectivity index (χ3v) is 7.27. The van der Waals surface area contributed by atoms with Gasteiger partial charge in [-0.25, -0.2) is 8.42 Å². The molecule has 3 aromatic rings. The maximum Gasteiger partial charge on any atom is 0.243 e. The zero-order chi connectivity index (χ0) is 23.3. The quantitative estimate of drug-likeness (QED) is 0.461. The zero-order valence-electron chi connectivity index (χ0n) is 17.8. The predicted molar refractivity (Wildman–Crippen MR) is 128 cm³/mol. The van der Waals surface area contributed by atoms with Crippen molar-refractivity contribution in [1.82, 2.24) is 9.62 Å². The summed E-state index contributed by atoms with van der Waals surface area (Å²) in [5.41, 5.74) is 2.50. The van der Waals surface area contributed by atoms with Crippen molar-refractivity contribution in [2.45, 2.75) is 31.3 Å². The number of aryl methyl sites for hydroxylation is 1. The van der Waals surface area contributed by atoms with Crippen LogP contribution in [0.15, 0.2) is 77.7 Å². The number of carbonyl (C=O) groups is 1. The summed E-state index contributed by atoms with van der Waals surface area (Å²) in [7, 11) is -3.92. The summed E-state index contributed by atoms with van der Waals surface area (Å²) < 4.78 is 27.9. The number of benzene rings is 3. The number of sulfonamides is 1. The van der Waals surface area contributed by atoms with Crippen molar-refractivity contribution in [3.63, 3.8) is 0 Å². The van der Waals surface area contributed by atoms with E-state index in [9.17, 15) is 13.2 Å². The summed E-state index contributed by atoms with van der Waals surface area (Å²) in [6, 6.07) is 20.3. The number of hydrogen-bond acceptors (Lipinski definition) is 3. The van der Waals surface area contributed by atoms with Gasteiger partial charge in [-0.05, 0) is 61.4 Å². The Hall–Kier alpha value is -2.38. The Morgan fingerprint density at radius 2 is 1.62 bits per heavy atom. The molecule has 3 rings (SSSR count). The van der Waals surface area contributed by atoms with E-state index in [1.54, 1.807) is 60.7 Å². The van der Waals surface area contributed by atoms with E-state index in [1.165, 1.54) is 0 Å². The van der Waals surface area contributed by atoms with Gasteiger partial charge in [0, 0.05) is 16.6 Å². The van der Waals surface area contributed by atoms with Crippen molar-refractivity contribution in [3.05, 3.63) is 99.5 Å². The monoisotopic (exact) mass is 490 g/mol. The fraction of sp³-hybridized carbons (Fsp3) is 0.208. The van der Waals surface area contributed by atoms with Crippen LogP contribution in [-0.4, -0.2) is 25.2 Å². The van der Waals surface area contributed by atoms with Crippen molar-refractivity contribution in [2.24, 2.45) is 0 Å². The minimum Gasteiger partial charge on any atom is -0.348 e. The van der Waals surface area contributed by atoms with Gasteiger partial charge >= 0.3 is 0 Å². The Balaban J connectivity index is 1.83. The molecule has 3 aromatic carbocycles. The number of nitrogens with one attached hydrogen (secondary N) is 1. The van der Waals surface area contributed by atoms with Crippen LogP contribution in [0, 0.1) is 6.92 Å². The van der Waals surface area contributed by atoms with Crippen LogP contribution in [-0.2, 0) is 21.4 Å². The second kappa shape index (κ2) is 10.5. The Morgan fingerprint density at radius 1 is 0.969 bits per heavy atom. The van der Waals surface area contributed by atoms with Crippen molar-refractivity contribution in [1.29, 1.82) is 0 Å². The van der Waals surface area contributed by atoms with E-state index in [0.717, 1.165) is 15.4 Å². The Bertz CT molecular complexity index is 1180. The van der Waals surface area contributed by atoms with E-state index in [0.29, 0.717) is 15.6 Å². The van der Waals surface area contributed by atoms with Gasteiger partial charge in [-0.15, -0.1) is 0 Å². The van der Waals surface area contributed by atoms with E-state index in [2.05, 4.69) is 5.32 Å². The summed E-state index contributed by atoms with van der Waals surface area (Å²) >= 11 is 12.0. The van der Waals surface area contributed by atoms with Crippen LogP contribution < -0.4 is 5.32 Å². The standard InChI is InChI=1S/C24H24Cl2N2O3S/c1-17-6-12-23(13-7-17)32(30,31)28(15-19-4-3-5-22(26)14-19)16-24(29)27-18(2)20-8-10-21(25)11-9-20/h3-14,18H,15-16H2,1-2H3,(H,27,29)/t18-/m0/s1. The number of rotatable bonds is 8. The van der Waals surface area contributed by atoms with E-state index in [1.807, 2.05) is 26.0 Å². The summed E-state index contributed by atoms with van der Waals surface area (Å²) in [5, 5.41) is 3.96. The van der Waals surface area contributed by atoms with Crippen molar-refractivity contribution >= 4 is 39.1 Å². The van der Waals surface area contributed by atoms with Gasteiger partial charge in [-0.1, -0.05) is 65.2 Å². The van der Waals surface area contributed by atoms with Crippen LogP contribution in [0.25, 0.3) is 0 Å². The van der Waals surface area contributed by atoms with Gasteiger partial charge in [-0.3, -0.25) is 4.79 Å². The summed E-state index contributed by atoms with van der Waals surface area (Å²) in [6.45, 7) is 3.39. The lowest BCUT2D eigenvalue weighted by atomic mass is 10.1. The fourth-order valence-corrected chi connectivity index (χ4v) is 4.93. The molecule has 0 radical (unpaired) electrons. The number of halogens is 2. The molecule has 0 aliphatic heterocycles. The fourth-order valence-electron chi connectivity index (χ4n) is 3.21. The van der Waals surface area contributed by atoms with Crippen LogP contribution in [0.2, 0.25) is 10.0 Å². The smallest absolute Gasteiger partial charge is 0.243 e. The first-order chi connectivity index (χ1) is 15.1.